The number of hydrogen-bond acceptors (Lipinski definition) is 3. The molecule has 1 aromatic rings. The van der Waals surface area contributed by atoms with Crippen molar-refractivity contribution in [1.29, 1.82) is 0 Å². The molecule has 0 fully saturated rings. The van der Waals surface area contributed by atoms with Crippen LogP contribution in [0.5, 0.6) is 0 Å². The van der Waals surface area contributed by atoms with Gasteiger partial charge in [-0.15, -0.1) is 0 Å². The molecule has 1 N–H and O–H groups in total. The predicted octanol–water partition coefficient (Wildman–Crippen LogP) is 7.13. The van der Waals surface area contributed by atoms with E-state index in [0.717, 1.165) is 6.42 Å². The molecule has 0 aliphatic heterocycles. The van der Waals surface area contributed by atoms with Crippen LogP contribution >= 0.6 is 0 Å². The summed E-state index contributed by atoms with van der Waals surface area (Å²) in [6.45, 7) is 9.43. The fourth-order valence-electron chi connectivity index (χ4n) is 3.82. The Balaban J connectivity index is 2.71. The zero-order valence-corrected chi connectivity index (χ0v) is 22.7. The van der Waals surface area contributed by atoms with E-state index < -0.39 is 25.5 Å². The van der Waals surface area contributed by atoms with E-state index >= 15 is 0 Å². The van der Waals surface area contributed by atoms with Crippen LogP contribution in [-0.2, 0) is 6.42 Å². The zero-order valence-electron chi connectivity index (χ0n) is 19.5. The summed E-state index contributed by atoms with van der Waals surface area (Å²) in [6, 6.07) is 4.82. The number of nitro groups is 1. The summed E-state index contributed by atoms with van der Waals surface area (Å²) in [5.41, 5.74) is 1.09. The van der Waals surface area contributed by atoms with Crippen LogP contribution in [-0.4, -0.2) is 37.9 Å². The van der Waals surface area contributed by atoms with E-state index in [1.54, 1.807) is 12.1 Å². The minimum atomic E-state index is -2.13. The van der Waals surface area contributed by atoms with E-state index in [9.17, 15) is 14.9 Å². The van der Waals surface area contributed by atoms with Gasteiger partial charge in [0.2, 0.25) is 0 Å². The number of benzene rings is 1. The number of amides is 1. The van der Waals surface area contributed by atoms with Gasteiger partial charge in [0.25, 0.3) is 0 Å². The number of nitrogens with one attached hydrogen (secondary N) is 1. The van der Waals surface area contributed by atoms with Gasteiger partial charge in [0.1, 0.15) is 0 Å². The maximum absolute atomic E-state index is 12.5. The van der Waals surface area contributed by atoms with Crippen LogP contribution in [0.4, 0.5) is 5.69 Å². The van der Waals surface area contributed by atoms with Gasteiger partial charge in [0.15, 0.2) is 0 Å². The number of nitro benzene ring substituents is 1. The minimum absolute atomic E-state index is 0.0407. The first-order valence-electron chi connectivity index (χ1n) is 11.7. The molecule has 0 atom stereocenters. The molecule has 0 heterocycles. The summed E-state index contributed by atoms with van der Waals surface area (Å²) < 4.78 is 5.81. The molecule has 0 bridgehead atoms. The number of unbranched alkanes of at least 4 members (excludes halogenated alkanes) is 3. The molecule has 30 heavy (non-hydrogen) atoms. The fourth-order valence-corrected chi connectivity index (χ4v) is 22.0. The Labute approximate surface area is 188 Å². The Morgan fingerprint density at radius 3 is 1.93 bits per heavy atom. The van der Waals surface area contributed by atoms with Gasteiger partial charge in [0, 0.05) is 0 Å². The summed E-state index contributed by atoms with van der Waals surface area (Å²) in [7, 11) is 0. The molecular formula is C24H42N2O3Po. The van der Waals surface area contributed by atoms with E-state index in [0.29, 0.717) is 24.1 Å². The fraction of sp³-hybridized carbons (Fsp3) is 0.708. The van der Waals surface area contributed by atoms with Crippen LogP contribution in [0.25, 0.3) is 0 Å². The van der Waals surface area contributed by atoms with Gasteiger partial charge in [0.05, 0.1) is 0 Å². The molecule has 1 aromatic carbocycles. The molecule has 1 amide bonds. The molecule has 0 aliphatic carbocycles. The van der Waals surface area contributed by atoms with E-state index in [2.05, 4.69) is 26.1 Å². The summed E-state index contributed by atoms with van der Waals surface area (Å²) in [5, 5.41) is 14.3. The second kappa shape index (κ2) is 14.9. The van der Waals surface area contributed by atoms with Crippen LogP contribution in [0.2, 0.25) is 16.3 Å². The monoisotopic (exact) mass is 615 g/mol. The quantitative estimate of drug-likeness (QED) is 0.122. The average Bonchev–Trinajstić information content (AvgIpc) is 2.76. The summed E-state index contributed by atoms with van der Waals surface area (Å²) >= 11 is -2.13. The van der Waals surface area contributed by atoms with Gasteiger partial charge < -0.3 is 0 Å². The molecule has 5 nitrogen and oxygen atoms in total. The van der Waals surface area contributed by atoms with E-state index in [1.165, 1.54) is 60.9 Å². The second-order valence-electron chi connectivity index (χ2n) is 8.17. The van der Waals surface area contributed by atoms with Crippen LogP contribution < -0.4 is 5.32 Å². The molecule has 0 radical (unpaired) electrons. The molecule has 0 aromatic heterocycles. The number of hydrogen-bond donors (Lipinski definition) is 1. The Hall–Kier alpha value is -1.01. The molecule has 0 spiro atoms. The third-order valence-electron chi connectivity index (χ3n) is 5.76. The van der Waals surface area contributed by atoms with Gasteiger partial charge in [-0.25, -0.2) is 0 Å². The number of carbonyl (C=O) groups is 1. The summed E-state index contributed by atoms with van der Waals surface area (Å²) in [6.07, 6.45) is 9.56. The number of rotatable bonds is 16. The van der Waals surface area contributed by atoms with Gasteiger partial charge in [-0.05, 0) is 0 Å². The van der Waals surface area contributed by atoms with Crippen molar-refractivity contribution in [3.63, 3.8) is 0 Å². The van der Waals surface area contributed by atoms with Crippen molar-refractivity contribution in [1.82, 2.24) is 5.32 Å². The topological polar surface area (TPSA) is 72.2 Å². The van der Waals surface area contributed by atoms with Gasteiger partial charge >= 0.3 is 189 Å². The molecular weight excluding hydrogens is 573 g/mol. The van der Waals surface area contributed by atoms with Crippen LogP contribution in [0.3, 0.4) is 0 Å². The van der Waals surface area contributed by atoms with Crippen molar-refractivity contribution in [2.75, 3.05) is 6.54 Å². The van der Waals surface area contributed by atoms with Gasteiger partial charge in [-0.1, -0.05) is 0 Å². The standard InChI is InChI=1S/C12H15N2O3.3C4H9.Po/c1-3-7-13-12(15)10-6-5-9(4-2)11(8-10)14(16)17;3*1-3-4-2;/h5-6,8H,1,3-4,7H2,2H3,(H,13,15);3*1,3-4H2,2H3;. The van der Waals surface area contributed by atoms with Crippen LogP contribution in [0.1, 0.15) is 88.6 Å². The average molecular weight is 616 g/mol. The van der Waals surface area contributed by atoms with Gasteiger partial charge in [-0.3, -0.25) is 0 Å². The Kier molecular flexibility index (Phi) is 13.4. The van der Waals surface area contributed by atoms with E-state index in [-0.39, 0.29) is 11.6 Å². The van der Waals surface area contributed by atoms with Crippen molar-refractivity contribution in [2.24, 2.45) is 0 Å². The van der Waals surface area contributed by atoms with Crippen molar-refractivity contribution < 1.29 is 9.72 Å². The van der Waals surface area contributed by atoms with Crippen molar-refractivity contribution >= 4 is 32.2 Å². The Bertz CT molecular complexity index is 642. The molecule has 0 unspecified atom stereocenters. The third-order valence-corrected chi connectivity index (χ3v) is 23.7. The predicted molar refractivity (Wildman–Crippen MR) is 129 cm³/mol. The molecule has 0 saturated carbocycles. The number of carbonyl (C=O) groups excluding carboxylic acids is 1. The molecule has 1 rings (SSSR count). The van der Waals surface area contributed by atoms with E-state index in [1.807, 2.05) is 6.92 Å². The first kappa shape index (κ1) is 27.0. The van der Waals surface area contributed by atoms with Gasteiger partial charge in [-0.2, -0.15) is 0 Å². The van der Waals surface area contributed by atoms with E-state index in [4.69, 9.17) is 0 Å². The molecule has 172 valence electrons. The van der Waals surface area contributed by atoms with Crippen molar-refractivity contribution in [3.05, 3.63) is 39.4 Å². The number of nitrogens with zero attached hydrogens (tertiary/aromatic N) is 1. The third kappa shape index (κ3) is 9.00. The summed E-state index contributed by atoms with van der Waals surface area (Å²) in [5.74, 6) is -0.197. The summed E-state index contributed by atoms with van der Waals surface area (Å²) in [4.78, 5) is 23.4. The number of aryl methyl sites for hydroxylation is 1. The first-order chi connectivity index (χ1) is 14.4. The Morgan fingerprint density at radius 2 is 1.47 bits per heavy atom. The van der Waals surface area contributed by atoms with Crippen LogP contribution in [0, 0.1) is 10.1 Å². The molecule has 0 saturated heterocycles. The SMILES string of the molecule is CCC[CH2][Po]([CH2]CCC)([CH2]CCC)[CH2]CCNC(=O)c1ccc(CC)c([N+](=O)[O-])c1. The zero-order chi connectivity index (χ0) is 22.4. The van der Waals surface area contributed by atoms with Crippen molar-refractivity contribution in [2.45, 2.75) is 95.4 Å². The first-order valence-corrected chi connectivity index (χ1v) is 20.7. The maximum atomic E-state index is 12.5. The van der Waals surface area contributed by atoms with Crippen molar-refractivity contribution in [3.8, 4) is 0 Å². The van der Waals surface area contributed by atoms with Crippen LogP contribution in [0.15, 0.2) is 18.2 Å². The molecule has 0 aliphatic rings. The second-order valence-corrected chi connectivity index (χ2v) is 24.0. The molecule has 6 heteroatoms. The Morgan fingerprint density at radius 1 is 0.933 bits per heavy atom. The normalized spacial score (nSPS) is 12.0.